The van der Waals surface area contributed by atoms with E-state index in [4.69, 9.17) is 4.74 Å². The van der Waals surface area contributed by atoms with E-state index in [9.17, 15) is 4.79 Å². The number of benzene rings is 3. The van der Waals surface area contributed by atoms with Crippen LogP contribution in [0.2, 0.25) is 0 Å². The zero-order valence-corrected chi connectivity index (χ0v) is 16.4. The minimum Gasteiger partial charge on any atom is -0.483 e. The zero-order chi connectivity index (χ0) is 19.1. The quantitative estimate of drug-likeness (QED) is 0.451. The summed E-state index contributed by atoms with van der Waals surface area (Å²) < 4.78 is 6.31. The fraction of sp³-hybridized carbons (Fsp3) is 0.0909. The van der Waals surface area contributed by atoms with Crippen LogP contribution in [0.15, 0.2) is 82.4 Å². The summed E-state index contributed by atoms with van der Waals surface area (Å²) in [6.07, 6.45) is 1.61. The lowest BCUT2D eigenvalue weighted by Gasteiger charge is -2.07. The van der Waals surface area contributed by atoms with E-state index in [2.05, 4.69) is 38.6 Å². The Morgan fingerprint density at radius 3 is 2.44 bits per heavy atom. The number of rotatable bonds is 6. The summed E-state index contributed by atoms with van der Waals surface area (Å²) in [4.78, 5) is 11.9. The summed E-state index contributed by atoms with van der Waals surface area (Å²) in [5, 5.41) is 3.98. The number of ether oxygens (including phenoxy) is 1. The molecule has 0 aliphatic carbocycles. The Kier molecular flexibility index (Phi) is 6.39. The number of carbonyl (C=O) groups excluding carboxylic acids is 1. The average Bonchev–Trinajstić information content (AvgIpc) is 2.68. The first-order chi connectivity index (χ1) is 13.1. The van der Waals surface area contributed by atoms with Crippen LogP contribution in [-0.4, -0.2) is 18.7 Å². The van der Waals surface area contributed by atoms with Crippen LogP contribution in [0.3, 0.4) is 0 Å². The molecule has 4 nitrogen and oxygen atoms in total. The van der Waals surface area contributed by atoms with Gasteiger partial charge in [0.25, 0.3) is 5.91 Å². The lowest BCUT2D eigenvalue weighted by atomic mass is 10.0. The lowest BCUT2D eigenvalue weighted by Crippen LogP contribution is -2.24. The highest BCUT2D eigenvalue weighted by Crippen LogP contribution is 2.25. The third-order valence-corrected chi connectivity index (χ3v) is 4.49. The fourth-order valence-electron chi connectivity index (χ4n) is 2.47. The molecule has 27 heavy (non-hydrogen) atoms. The molecule has 0 radical (unpaired) electrons. The van der Waals surface area contributed by atoms with Crippen molar-refractivity contribution in [3.05, 3.63) is 88.4 Å². The predicted molar refractivity (Wildman–Crippen MR) is 112 cm³/mol. The van der Waals surface area contributed by atoms with E-state index in [-0.39, 0.29) is 12.5 Å². The SMILES string of the molecule is Cc1ccc(OCC(=O)NN=Cc2ccc(-c3ccccc3)cc2)c(Br)c1. The number of hydrogen-bond acceptors (Lipinski definition) is 3. The molecule has 0 saturated heterocycles. The minimum absolute atomic E-state index is 0.105. The highest BCUT2D eigenvalue weighted by Gasteiger charge is 2.05. The van der Waals surface area contributed by atoms with Crippen LogP contribution in [0.1, 0.15) is 11.1 Å². The van der Waals surface area contributed by atoms with Crippen LogP contribution < -0.4 is 10.2 Å². The van der Waals surface area contributed by atoms with Crippen LogP contribution in [0.25, 0.3) is 11.1 Å². The molecule has 0 heterocycles. The molecule has 0 unspecified atom stereocenters. The second kappa shape index (κ2) is 9.14. The Morgan fingerprint density at radius 2 is 1.74 bits per heavy atom. The van der Waals surface area contributed by atoms with Crippen LogP contribution in [0.5, 0.6) is 5.75 Å². The second-order valence-electron chi connectivity index (χ2n) is 6.00. The van der Waals surface area contributed by atoms with Crippen LogP contribution in [0.4, 0.5) is 0 Å². The van der Waals surface area contributed by atoms with E-state index in [1.807, 2.05) is 67.6 Å². The molecule has 1 N–H and O–H groups in total. The minimum atomic E-state index is -0.320. The molecule has 0 bridgehead atoms. The number of amides is 1. The van der Waals surface area contributed by atoms with Crippen molar-refractivity contribution in [2.45, 2.75) is 6.92 Å². The van der Waals surface area contributed by atoms with Gasteiger partial charge in [0.1, 0.15) is 5.75 Å². The Morgan fingerprint density at radius 1 is 1.04 bits per heavy atom. The van der Waals surface area contributed by atoms with Crippen LogP contribution >= 0.6 is 15.9 Å². The van der Waals surface area contributed by atoms with Gasteiger partial charge in [-0.15, -0.1) is 0 Å². The van der Waals surface area contributed by atoms with Crippen LogP contribution in [-0.2, 0) is 4.79 Å². The van der Waals surface area contributed by atoms with Gasteiger partial charge < -0.3 is 4.74 Å². The van der Waals surface area contributed by atoms with Crippen molar-refractivity contribution >= 4 is 28.1 Å². The topological polar surface area (TPSA) is 50.7 Å². The maximum Gasteiger partial charge on any atom is 0.277 e. The third kappa shape index (κ3) is 5.53. The molecule has 5 heteroatoms. The van der Waals surface area contributed by atoms with Crippen molar-refractivity contribution in [2.75, 3.05) is 6.61 Å². The summed E-state index contributed by atoms with van der Waals surface area (Å²) in [5.74, 6) is 0.302. The highest BCUT2D eigenvalue weighted by atomic mass is 79.9. The molecule has 0 aliphatic rings. The fourth-order valence-corrected chi connectivity index (χ4v) is 3.08. The smallest absolute Gasteiger partial charge is 0.277 e. The summed E-state index contributed by atoms with van der Waals surface area (Å²) in [6.45, 7) is 1.88. The maximum atomic E-state index is 11.9. The molecule has 0 aromatic heterocycles. The molecule has 0 saturated carbocycles. The summed E-state index contributed by atoms with van der Waals surface area (Å²) in [6, 6.07) is 23.8. The third-order valence-electron chi connectivity index (χ3n) is 3.87. The van der Waals surface area contributed by atoms with Crippen molar-refractivity contribution in [3.8, 4) is 16.9 Å². The van der Waals surface area contributed by atoms with Crippen molar-refractivity contribution in [1.82, 2.24) is 5.43 Å². The standard InChI is InChI=1S/C22H19BrN2O2/c1-16-7-12-21(20(23)13-16)27-15-22(26)25-24-14-17-8-10-19(11-9-17)18-5-3-2-4-6-18/h2-14H,15H2,1H3,(H,25,26). The maximum absolute atomic E-state index is 11.9. The van der Waals surface area contributed by atoms with Gasteiger partial charge in [-0.2, -0.15) is 5.10 Å². The first kappa shape index (κ1) is 18.9. The number of hydrogen-bond donors (Lipinski definition) is 1. The molecule has 1 amide bonds. The first-order valence-corrected chi connectivity index (χ1v) is 9.27. The van der Waals surface area contributed by atoms with E-state index in [0.717, 1.165) is 26.7 Å². The molecule has 3 aromatic rings. The normalized spacial score (nSPS) is 10.7. The number of nitrogens with zero attached hydrogens (tertiary/aromatic N) is 1. The van der Waals surface area contributed by atoms with Gasteiger partial charge in [-0.05, 0) is 57.2 Å². The van der Waals surface area contributed by atoms with Gasteiger partial charge in [0, 0.05) is 0 Å². The molecule has 0 aliphatic heterocycles. The Labute approximate surface area is 167 Å². The molecule has 0 atom stereocenters. The molecule has 0 fully saturated rings. The Balaban J connectivity index is 1.50. The predicted octanol–water partition coefficient (Wildman–Crippen LogP) is 4.95. The highest BCUT2D eigenvalue weighted by molar-refractivity contribution is 9.10. The molecule has 136 valence electrons. The lowest BCUT2D eigenvalue weighted by molar-refractivity contribution is -0.123. The van der Waals surface area contributed by atoms with E-state index < -0.39 is 0 Å². The van der Waals surface area contributed by atoms with Crippen molar-refractivity contribution in [3.63, 3.8) is 0 Å². The summed E-state index contributed by atoms with van der Waals surface area (Å²) >= 11 is 3.42. The largest absolute Gasteiger partial charge is 0.483 e. The monoisotopic (exact) mass is 422 g/mol. The average molecular weight is 423 g/mol. The van der Waals surface area contributed by atoms with Gasteiger partial charge in [0.2, 0.25) is 0 Å². The van der Waals surface area contributed by atoms with Crippen molar-refractivity contribution < 1.29 is 9.53 Å². The number of halogens is 1. The summed E-state index contributed by atoms with van der Waals surface area (Å²) in [7, 11) is 0. The van der Waals surface area contributed by atoms with E-state index in [0.29, 0.717) is 5.75 Å². The molecular formula is C22H19BrN2O2. The molecular weight excluding hydrogens is 404 g/mol. The second-order valence-corrected chi connectivity index (χ2v) is 6.86. The van der Waals surface area contributed by atoms with Crippen LogP contribution in [0, 0.1) is 6.92 Å². The van der Waals surface area contributed by atoms with Gasteiger partial charge in [0.05, 0.1) is 10.7 Å². The van der Waals surface area contributed by atoms with Crippen molar-refractivity contribution in [1.29, 1.82) is 0 Å². The van der Waals surface area contributed by atoms with Gasteiger partial charge >= 0.3 is 0 Å². The zero-order valence-electron chi connectivity index (χ0n) is 14.9. The molecule has 3 aromatic carbocycles. The van der Waals surface area contributed by atoms with Gasteiger partial charge in [-0.25, -0.2) is 5.43 Å². The first-order valence-electron chi connectivity index (χ1n) is 8.48. The number of aryl methyl sites for hydroxylation is 1. The number of hydrazone groups is 1. The van der Waals surface area contributed by atoms with Gasteiger partial charge in [0.15, 0.2) is 6.61 Å². The van der Waals surface area contributed by atoms with E-state index in [1.54, 1.807) is 6.21 Å². The molecule has 0 spiro atoms. The Hall–Kier alpha value is -2.92. The Bertz CT molecular complexity index is 938. The van der Waals surface area contributed by atoms with Crippen molar-refractivity contribution in [2.24, 2.45) is 5.10 Å². The van der Waals surface area contributed by atoms with Gasteiger partial charge in [-0.3, -0.25) is 4.79 Å². The number of carbonyl (C=O) groups is 1. The van der Waals surface area contributed by atoms with E-state index in [1.165, 1.54) is 0 Å². The molecule has 3 rings (SSSR count). The summed E-state index contributed by atoms with van der Waals surface area (Å²) in [5.41, 5.74) is 6.78. The van der Waals surface area contributed by atoms with E-state index >= 15 is 0 Å². The number of nitrogens with one attached hydrogen (secondary N) is 1. The van der Waals surface area contributed by atoms with Gasteiger partial charge in [-0.1, -0.05) is 60.7 Å².